The van der Waals surface area contributed by atoms with Crippen molar-refractivity contribution in [3.8, 4) is 0 Å². The second-order valence-electron chi connectivity index (χ2n) is 8.47. The van der Waals surface area contributed by atoms with Crippen LogP contribution in [0.4, 0.5) is 5.69 Å². The zero-order valence-electron chi connectivity index (χ0n) is 19.2. The van der Waals surface area contributed by atoms with Crippen molar-refractivity contribution in [1.29, 1.82) is 0 Å². The highest BCUT2D eigenvalue weighted by molar-refractivity contribution is 7.80. The first-order valence-corrected chi connectivity index (χ1v) is 11.8. The van der Waals surface area contributed by atoms with Gasteiger partial charge in [-0.15, -0.1) is 0 Å². The number of aryl methyl sites for hydroxylation is 1. The molecule has 2 fully saturated rings. The number of morpholine rings is 1. The summed E-state index contributed by atoms with van der Waals surface area (Å²) in [5, 5.41) is 3.52. The Morgan fingerprint density at radius 2 is 1.80 bits per heavy atom. The van der Waals surface area contributed by atoms with E-state index < -0.39 is 11.8 Å². The van der Waals surface area contributed by atoms with Crippen molar-refractivity contribution in [2.75, 3.05) is 31.2 Å². The SMILES string of the molecule is Cc1ccccc1N1C(=O)/C(=C/c2cn(CC(=O)N3CCOCC3)c3ccccc23)C(=O)NC1=S. The zero-order valence-corrected chi connectivity index (χ0v) is 20.0. The van der Waals surface area contributed by atoms with Crippen LogP contribution in [-0.4, -0.2) is 58.6 Å². The van der Waals surface area contributed by atoms with Gasteiger partial charge in [0.1, 0.15) is 12.1 Å². The minimum atomic E-state index is -0.550. The lowest BCUT2D eigenvalue weighted by Crippen LogP contribution is -2.54. The fraction of sp³-hybridized carbons (Fsp3) is 0.231. The van der Waals surface area contributed by atoms with E-state index in [1.165, 1.54) is 4.90 Å². The van der Waals surface area contributed by atoms with Gasteiger partial charge >= 0.3 is 0 Å². The molecule has 0 unspecified atom stereocenters. The zero-order chi connectivity index (χ0) is 24.5. The molecule has 35 heavy (non-hydrogen) atoms. The lowest BCUT2D eigenvalue weighted by atomic mass is 10.1. The number of nitrogens with zero attached hydrogens (tertiary/aromatic N) is 3. The Morgan fingerprint density at radius 3 is 2.57 bits per heavy atom. The molecule has 2 saturated heterocycles. The van der Waals surface area contributed by atoms with Gasteiger partial charge in [-0.05, 0) is 42.9 Å². The molecule has 5 rings (SSSR count). The number of benzene rings is 2. The molecule has 9 heteroatoms. The van der Waals surface area contributed by atoms with Crippen LogP contribution in [0.5, 0.6) is 0 Å². The van der Waals surface area contributed by atoms with Gasteiger partial charge in [0.05, 0.1) is 18.9 Å². The van der Waals surface area contributed by atoms with Crippen molar-refractivity contribution in [3.63, 3.8) is 0 Å². The van der Waals surface area contributed by atoms with Gasteiger partial charge in [-0.25, -0.2) is 0 Å². The summed E-state index contributed by atoms with van der Waals surface area (Å²) in [6, 6.07) is 15.0. The van der Waals surface area contributed by atoms with Gasteiger partial charge in [0.15, 0.2) is 5.11 Å². The van der Waals surface area contributed by atoms with Crippen LogP contribution in [0.25, 0.3) is 17.0 Å². The van der Waals surface area contributed by atoms with Crippen molar-refractivity contribution in [1.82, 2.24) is 14.8 Å². The molecule has 2 aromatic carbocycles. The molecule has 8 nitrogen and oxygen atoms in total. The Bertz CT molecular complexity index is 1390. The number of hydrogen-bond acceptors (Lipinski definition) is 5. The summed E-state index contributed by atoms with van der Waals surface area (Å²) in [6.07, 6.45) is 3.38. The third kappa shape index (κ3) is 4.36. The van der Waals surface area contributed by atoms with Crippen molar-refractivity contribution >= 4 is 57.7 Å². The number of anilines is 1. The molecule has 3 aromatic rings. The number of fused-ring (bicyclic) bond motifs is 1. The molecule has 3 amide bonds. The predicted octanol–water partition coefficient (Wildman–Crippen LogP) is 2.64. The van der Waals surface area contributed by atoms with Crippen LogP contribution in [0, 0.1) is 6.92 Å². The number of ether oxygens (including phenoxy) is 1. The monoisotopic (exact) mass is 488 g/mol. The van der Waals surface area contributed by atoms with Crippen LogP contribution in [-0.2, 0) is 25.7 Å². The maximum absolute atomic E-state index is 13.5. The number of carbonyl (C=O) groups excluding carboxylic acids is 3. The molecular weight excluding hydrogens is 464 g/mol. The van der Waals surface area contributed by atoms with Crippen molar-refractivity contribution in [2.45, 2.75) is 13.5 Å². The Labute approximate surface area is 207 Å². The number of amides is 3. The highest BCUT2D eigenvalue weighted by atomic mass is 32.1. The van der Waals surface area contributed by atoms with E-state index in [-0.39, 0.29) is 23.1 Å². The average molecular weight is 489 g/mol. The first-order valence-electron chi connectivity index (χ1n) is 11.3. The molecule has 178 valence electrons. The van der Waals surface area contributed by atoms with Crippen LogP contribution < -0.4 is 10.2 Å². The number of para-hydroxylation sites is 2. The second kappa shape index (κ2) is 9.44. The third-order valence-corrected chi connectivity index (χ3v) is 6.53. The molecule has 0 bridgehead atoms. The standard InChI is InChI=1S/C26H24N4O4S/c1-17-6-2-4-8-21(17)30-25(33)20(24(32)27-26(30)35)14-18-15-29(22-9-5-3-7-19(18)22)16-23(31)28-10-12-34-13-11-28/h2-9,14-15H,10-13,16H2,1H3,(H,27,32,35)/b20-14+. The topological polar surface area (TPSA) is 83.9 Å². The first-order chi connectivity index (χ1) is 16.9. The Hall–Kier alpha value is -3.82. The molecule has 0 spiro atoms. The van der Waals surface area contributed by atoms with Gasteiger partial charge in [0.25, 0.3) is 11.8 Å². The summed E-state index contributed by atoms with van der Waals surface area (Å²) >= 11 is 5.32. The van der Waals surface area contributed by atoms with Crippen molar-refractivity contribution in [2.24, 2.45) is 0 Å². The van der Waals surface area contributed by atoms with E-state index in [0.29, 0.717) is 37.6 Å². The first kappa shape index (κ1) is 22.9. The van der Waals surface area contributed by atoms with Crippen molar-refractivity contribution < 1.29 is 19.1 Å². The minimum absolute atomic E-state index is 0.00387. The van der Waals surface area contributed by atoms with Crippen LogP contribution in [0.3, 0.4) is 0 Å². The fourth-order valence-corrected chi connectivity index (χ4v) is 4.70. The number of carbonyl (C=O) groups is 3. The van der Waals surface area contributed by atoms with E-state index in [0.717, 1.165) is 16.5 Å². The molecule has 0 radical (unpaired) electrons. The van der Waals surface area contributed by atoms with Gasteiger partial charge in [-0.2, -0.15) is 0 Å². The van der Waals surface area contributed by atoms with Crippen LogP contribution in [0.15, 0.2) is 60.3 Å². The summed E-state index contributed by atoms with van der Waals surface area (Å²) in [5.74, 6) is -1.05. The number of thiocarbonyl (C=S) groups is 1. The summed E-state index contributed by atoms with van der Waals surface area (Å²) in [7, 11) is 0. The summed E-state index contributed by atoms with van der Waals surface area (Å²) < 4.78 is 7.20. The van der Waals surface area contributed by atoms with Crippen LogP contribution in [0.1, 0.15) is 11.1 Å². The highest BCUT2D eigenvalue weighted by Crippen LogP contribution is 2.28. The van der Waals surface area contributed by atoms with E-state index in [1.54, 1.807) is 17.0 Å². The molecule has 0 aliphatic carbocycles. The molecule has 3 heterocycles. The van der Waals surface area contributed by atoms with Gasteiger partial charge < -0.3 is 14.2 Å². The molecule has 1 N–H and O–H groups in total. The molecule has 0 atom stereocenters. The average Bonchev–Trinajstić information content (AvgIpc) is 3.20. The largest absolute Gasteiger partial charge is 0.378 e. The number of hydrogen-bond donors (Lipinski definition) is 1. The number of nitrogens with one attached hydrogen (secondary N) is 1. The van der Waals surface area contributed by atoms with E-state index >= 15 is 0 Å². The van der Waals surface area contributed by atoms with E-state index in [4.69, 9.17) is 17.0 Å². The van der Waals surface area contributed by atoms with Gasteiger partial charge in [0, 0.05) is 35.8 Å². The van der Waals surface area contributed by atoms with Crippen LogP contribution >= 0.6 is 12.2 Å². The summed E-state index contributed by atoms with van der Waals surface area (Å²) in [4.78, 5) is 42.3. The van der Waals surface area contributed by atoms with E-state index in [1.807, 2.05) is 60.2 Å². The lowest BCUT2D eigenvalue weighted by molar-refractivity contribution is -0.135. The number of aromatic nitrogens is 1. The molecule has 0 saturated carbocycles. The minimum Gasteiger partial charge on any atom is -0.378 e. The lowest BCUT2D eigenvalue weighted by Gasteiger charge is -2.29. The molecule has 1 aromatic heterocycles. The van der Waals surface area contributed by atoms with Gasteiger partial charge in [-0.3, -0.25) is 24.6 Å². The predicted molar refractivity (Wildman–Crippen MR) is 137 cm³/mol. The quantitative estimate of drug-likeness (QED) is 0.347. The molecular formula is C26H24N4O4S. The summed E-state index contributed by atoms with van der Waals surface area (Å²) in [6.45, 7) is 4.24. The second-order valence-corrected chi connectivity index (χ2v) is 8.85. The fourth-order valence-electron chi connectivity index (χ4n) is 4.43. The summed E-state index contributed by atoms with van der Waals surface area (Å²) in [5.41, 5.74) is 2.97. The van der Waals surface area contributed by atoms with Gasteiger partial charge in [-0.1, -0.05) is 36.4 Å². The van der Waals surface area contributed by atoms with Crippen LogP contribution in [0.2, 0.25) is 0 Å². The van der Waals surface area contributed by atoms with Crippen molar-refractivity contribution in [3.05, 3.63) is 71.4 Å². The van der Waals surface area contributed by atoms with E-state index in [2.05, 4.69) is 5.32 Å². The Balaban J connectivity index is 1.52. The maximum Gasteiger partial charge on any atom is 0.270 e. The third-order valence-electron chi connectivity index (χ3n) is 6.25. The maximum atomic E-state index is 13.5. The van der Waals surface area contributed by atoms with Gasteiger partial charge in [0.2, 0.25) is 5.91 Å². The smallest absolute Gasteiger partial charge is 0.270 e. The highest BCUT2D eigenvalue weighted by Gasteiger charge is 2.35. The number of rotatable bonds is 4. The molecule has 2 aliphatic heterocycles. The normalized spacial score (nSPS) is 17.9. The Kier molecular flexibility index (Phi) is 6.19. The Morgan fingerprint density at radius 1 is 1.09 bits per heavy atom. The van der Waals surface area contributed by atoms with E-state index in [9.17, 15) is 14.4 Å². The molecule has 2 aliphatic rings.